The van der Waals surface area contributed by atoms with Gasteiger partial charge in [0, 0.05) is 6.54 Å². The molecule has 0 spiro atoms. The minimum atomic E-state index is 0.0121. The summed E-state index contributed by atoms with van der Waals surface area (Å²) < 4.78 is 10.5. The van der Waals surface area contributed by atoms with Crippen LogP contribution in [0.25, 0.3) is 0 Å². The molecule has 0 unspecified atom stereocenters. The van der Waals surface area contributed by atoms with Crippen molar-refractivity contribution in [3.8, 4) is 11.5 Å². The Bertz CT molecular complexity index is 398. The molecule has 4 nitrogen and oxygen atoms in total. The van der Waals surface area contributed by atoms with E-state index in [1.54, 1.807) is 7.11 Å². The summed E-state index contributed by atoms with van der Waals surface area (Å²) in [6.45, 7) is 3.01. The molecule has 104 valence electrons. The Morgan fingerprint density at radius 2 is 1.95 bits per heavy atom. The SMILES string of the molecule is C/C=C/CCNC(=O)CCOc1ccc(OC)cc1. The maximum Gasteiger partial charge on any atom is 0.223 e. The first-order chi connectivity index (χ1) is 9.26. The number of methoxy groups -OCH3 is 1. The number of nitrogens with one attached hydrogen (secondary N) is 1. The first-order valence-electron chi connectivity index (χ1n) is 6.41. The average molecular weight is 263 g/mol. The predicted molar refractivity (Wildman–Crippen MR) is 75.5 cm³/mol. The van der Waals surface area contributed by atoms with E-state index in [9.17, 15) is 4.79 Å². The fourth-order valence-corrected chi connectivity index (χ4v) is 1.48. The number of amides is 1. The molecule has 1 aromatic carbocycles. The molecule has 1 amide bonds. The fourth-order valence-electron chi connectivity index (χ4n) is 1.48. The van der Waals surface area contributed by atoms with Crippen LogP contribution in [0.2, 0.25) is 0 Å². The zero-order valence-electron chi connectivity index (χ0n) is 11.5. The summed E-state index contributed by atoms with van der Waals surface area (Å²) in [5.41, 5.74) is 0. The van der Waals surface area contributed by atoms with Crippen molar-refractivity contribution >= 4 is 5.91 Å². The molecular formula is C15H21NO3. The Morgan fingerprint density at radius 3 is 2.58 bits per heavy atom. The molecule has 1 N–H and O–H groups in total. The molecule has 1 aromatic rings. The van der Waals surface area contributed by atoms with E-state index in [0.29, 0.717) is 19.6 Å². The van der Waals surface area contributed by atoms with E-state index in [-0.39, 0.29) is 5.91 Å². The Labute approximate surface area is 114 Å². The van der Waals surface area contributed by atoms with Crippen molar-refractivity contribution in [2.45, 2.75) is 19.8 Å². The van der Waals surface area contributed by atoms with Crippen LogP contribution in [-0.2, 0) is 4.79 Å². The van der Waals surface area contributed by atoms with E-state index in [1.807, 2.05) is 43.3 Å². The van der Waals surface area contributed by atoms with Crippen molar-refractivity contribution in [1.29, 1.82) is 0 Å². The maximum atomic E-state index is 11.5. The smallest absolute Gasteiger partial charge is 0.223 e. The third-order valence-electron chi connectivity index (χ3n) is 2.53. The highest BCUT2D eigenvalue weighted by Gasteiger charge is 2.01. The molecule has 1 rings (SSSR count). The van der Waals surface area contributed by atoms with Gasteiger partial charge in [-0.15, -0.1) is 0 Å². The Hall–Kier alpha value is -1.97. The normalized spacial score (nSPS) is 10.4. The number of hydrogen-bond acceptors (Lipinski definition) is 3. The van der Waals surface area contributed by atoms with Gasteiger partial charge in [0.05, 0.1) is 20.1 Å². The van der Waals surface area contributed by atoms with Crippen LogP contribution in [0.15, 0.2) is 36.4 Å². The molecule has 0 atom stereocenters. The summed E-state index contributed by atoms with van der Waals surface area (Å²) >= 11 is 0. The predicted octanol–water partition coefficient (Wildman–Crippen LogP) is 2.55. The molecule has 0 saturated heterocycles. The second-order valence-electron chi connectivity index (χ2n) is 3.98. The zero-order chi connectivity index (χ0) is 13.9. The first-order valence-corrected chi connectivity index (χ1v) is 6.41. The number of hydrogen-bond donors (Lipinski definition) is 1. The van der Waals surface area contributed by atoms with E-state index in [0.717, 1.165) is 17.9 Å². The molecule has 19 heavy (non-hydrogen) atoms. The van der Waals surface area contributed by atoms with Gasteiger partial charge in [-0.25, -0.2) is 0 Å². The second kappa shape index (κ2) is 9.03. The van der Waals surface area contributed by atoms with Crippen molar-refractivity contribution in [3.63, 3.8) is 0 Å². The first kappa shape index (κ1) is 15.1. The van der Waals surface area contributed by atoms with E-state index < -0.39 is 0 Å². The van der Waals surface area contributed by atoms with Gasteiger partial charge in [-0.1, -0.05) is 12.2 Å². The number of carbonyl (C=O) groups is 1. The van der Waals surface area contributed by atoms with Crippen LogP contribution >= 0.6 is 0 Å². The molecule has 0 bridgehead atoms. The Kier molecular flexibility index (Phi) is 7.17. The quantitative estimate of drug-likeness (QED) is 0.579. The zero-order valence-corrected chi connectivity index (χ0v) is 11.5. The third-order valence-corrected chi connectivity index (χ3v) is 2.53. The van der Waals surface area contributed by atoms with E-state index >= 15 is 0 Å². The molecule has 0 aliphatic carbocycles. The summed E-state index contributed by atoms with van der Waals surface area (Å²) in [6, 6.07) is 7.30. The van der Waals surface area contributed by atoms with Gasteiger partial charge in [0.25, 0.3) is 0 Å². The molecule has 0 fully saturated rings. The molecule has 0 saturated carbocycles. The summed E-state index contributed by atoms with van der Waals surface area (Å²) in [5.74, 6) is 1.54. The van der Waals surface area contributed by atoms with Crippen LogP contribution in [0.1, 0.15) is 19.8 Å². The van der Waals surface area contributed by atoms with Crippen molar-refractivity contribution in [3.05, 3.63) is 36.4 Å². The van der Waals surface area contributed by atoms with Crippen molar-refractivity contribution in [2.75, 3.05) is 20.3 Å². The summed E-state index contributed by atoms with van der Waals surface area (Å²) in [5, 5.41) is 2.83. The van der Waals surface area contributed by atoms with Crippen LogP contribution in [0, 0.1) is 0 Å². The van der Waals surface area contributed by atoms with Crippen LogP contribution in [0.5, 0.6) is 11.5 Å². The molecule has 4 heteroatoms. The molecule has 0 heterocycles. The monoisotopic (exact) mass is 263 g/mol. The van der Waals surface area contributed by atoms with Crippen LogP contribution in [-0.4, -0.2) is 26.2 Å². The average Bonchev–Trinajstić information content (AvgIpc) is 2.44. The van der Waals surface area contributed by atoms with E-state index in [4.69, 9.17) is 9.47 Å². The Morgan fingerprint density at radius 1 is 1.26 bits per heavy atom. The standard InChI is InChI=1S/C15H21NO3/c1-3-4-5-11-16-15(17)10-12-19-14-8-6-13(18-2)7-9-14/h3-4,6-9H,5,10-12H2,1-2H3,(H,16,17)/b4-3+. The lowest BCUT2D eigenvalue weighted by Gasteiger charge is -2.07. The van der Waals surface area contributed by atoms with Crippen molar-refractivity contribution in [2.24, 2.45) is 0 Å². The minimum Gasteiger partial charge on any atom is -0.497 e. The van der Waals surface area contributed by atoms with Gasteiger partial charge in [-0.3, -0.25) is 4.79 Å². The topological polar surface area (TPSA) is 47.6 Å². The lowest BCUT2D eigenvalue weighted by Crippen LogP contribution is -2.25. The molecular weight excluding hydrogens is 242 g/mol. The van der Waals surface area contributed by atoms with E-state index in [1.165, 1.54) is 0 Å². The molecule has 0 radical (unpaired) electrons. The van der Waals surface area contributed by atoms with Crippen LogP contribution in [0.4, 0.5) is 0 Å². The molecule has 0 aromatic heterocycles. The highest BCUT2D eigenvalue weighted by molar-refractivity contribution is 5.75. The maximum absolute atomic E-state index is 11.5. The van der Waals surface area contributed by atoms with Gasteiger partial charge in [-0.05, 0) is 37.6 Å². The number of ether oxygens (including phenoxy) is 2. The van der Waals surface area contributed by atoms with Crippen LogP contribution < -0.4 is 14.8 Å². The van der Waals surface area contributed by atoms with E-state index in [2.05, 4.69) is 5.32 Å². The number of carbonyl (C=O) groups excluding carboxylic acids is 1. The highest BCUT2D eigenvalue weighted by Crippen LogP contribution is 2.16. The highest BCUT2D eigenvalue weighted by atomic mass is 16.5. The second-order valence-corrected chi connectivity index (χ2v) is 3.98. The third kappa shape index (κ3) is 6.50. The molecule has 0 aliphatic rings. The lowest BCUT2D eigenvalue weighted by molar-refractivity contribution is -0.121. The van der Waals surface area contributed by atoms with Crippen molar-refractivity contribution in [1.82, 2.24) is 5.32 Å². The lowest BCUT2D eigenvalue weighted by atomic mass is 10.3. The van der Waals surface area contributed by atoms with Gasteiger partial charge in [-0.2, -0.15) is 0 Å². The van der Waals surface area contributed by atoms with Gasteiger partial charge >= 0.3 is 0 Å². The number of rotatable bonds is 8. The van der Waals surface area contributed by atoms with Crippen LogP contribution in [0.3, 0.4) is 0 Å². The van der Waals surface area contributed by atoms with Gasteiger partial charge in [0.15, 0.2) is 0 Å². The Balaban J connectivity index is 2.16. The summed E-state index contributed by atoms with van der Waals surface area (Å²) in [6.07, 6.45) is 5.22. The summed E-state index contributed by atoms with van der Waals surface area (Å²) in [4.78, 5) is 11.5. The van der Waals surface area contributed by atoms with Gasteiger partial charge in [0.1, 0.15) is 11.5 Å². The largest absolute Gasteiger partial charge is 0.497 e. The molecule has 0 aliphatic heterocycles. The number of benzene rings is 1. The number of allylic oxidation sites excluding steroid dienone is 1. The van der Waals surface area contributed by atoms with Gasteiger partial charge < -0.3 is 14.8 Å². The van der Waals surface area contributed by atoms with Gasteiger partial charge in [0.2, 0.25) is 5.91 Å². The van der Waals surface area contributed by atoms with Crippen molar-refractivity contribution < 1.29 is 14.3 Å². The summed E-state index contributed by atoms with van der Waals surface area (Å²) in [7, 11) is 1.62. The minimum absolute atomic E-state index is 0.0121. The fraction of sp³-hybridized carbons (Fsp3) is 0.400.